The van der Waals surface area contributed by atoms with Crippen molar-refractivity contribution in [3.63, 3.8) is 0 Å². The van der Waals surface area contributed by atoms with Crippen LogP contribution in [-0.4, -0.2) is 41.6 Å². The van der Waals surface area contributed by atoms with E-state index in [-0.39, 0.29) is 17.6 Å². The van der Waals surface area contributed by atoms with E-state index in [0.717, 1.165) is 30.8 Å². The number of nitrogens with zero attached hydrogens (tertiary/aromatic N) is 2. The zero-order valence-electron chi connectivity index (χ0n) is 15.9. The Labute approximate surface area is 145 Å². The maximum atomic E-state index is 12.0. The Balaban J connectivity index is 1.74. The molecule has 1 aliphatic heterocycles. The molecule has 136 valence electrons. The summed E-state index contributed by atoms with van der Waals surface area (Å²) in [5.74, 6) is 0.388. The molecule has 0 spiro atoms. The highest BCUT2D eigenvalue weighted by atomic mass is 16.5. The van der Waals surface area contributed by atoms with Gasteiger partial charge in [-0.1, -0.05) is 20.8 Å². The van der Waals surface area contributed by atoms with Gasteiger partial charge in [0.15, 0.2) is 0 Å². The fourth-order valence-electron chi connectivity index (χ4n) is 3.57. The second-order valence-electron chi connectivity index (χ2n) is 7.87. The first-order chi connectivity index (χ1) is 11.2. The molecular weight excluding hydrogens is 304 g/mol. The quantitative estimate of drug-likeness (QED) is 0.867. The number of carbonyl (C=O) groups excluding carboxylic acids is 1. The van der Waals surface area contributed by atoms with Gasteiger partial charge in [0.05, 0.1) is 11.8 Å². The molecule has 2 N–H and O–H groups in total. The Bertz CT molecular complexity index is 574. The molecular formula is C18H32N4O2. The topological polar surface area (TPSA) is 68.2 Å². The number of hydrogen-bond donors (Lipinski definition) is 2. The number of amides is 2. The highest BCUT2D eigenvalue weighted by Gasteiger charge is 2.37. The maximum Gasteiger partial charge on any atom is 0.314 e. The summed E-state index contributed by atoms with van der Waals surface area (Å²) in [4.78, 5) is 12.0. The van der Waals surface area contributed by atoms with Gasteiger partial charge in [-0.05, 0) is 37.7 Å². The second kappa shape index (κ2) is 7.55. The van der Waals surface area contributed by atoms with E-state index in [1.165, 1.54) is 5.56 Å². The van der Waals surface area contributed by atoms with Crippen LogP contribution in [0.25, 0.3) is 0 Å². The number of aromatic nitrogens is 2. The third-order valence-corrected chi connectivity index (χ3v) is 4.91. The van der Waals surface area contributed by atoms with E-state index >= 15 is 0 Å². The third-order valence-electron chi connectivity index (χ3n) is 4.91. The van der Waals surface area contributed by atoms with Crippen LogP contribution in [0.5, 0.6) is 0 Å². The van der Waals surface area contributed by atoms with Gasteiger partial charge in [-0.25, -0.2) is 4.79 Å². The molecule has 0 aromatic carbocycles. The number of aryl methyl sites for hydroxylation is 2. The zero-order valence-corrected chi connectivity index (χ0v) is 15.9. The summed E-state index contributed by atoms with van der Waals surface area (Å²) in [6, 6.07) is -0.103. The Morgan fingerprint density at radius 1 is 1.33 bits per heavy atom. The average Bonchev–Trinajstić information content (AvgIpc) is 3.05. The fraction of sp³-hybridized carbons (Fsp3) is 0.778. The van der Waals surface area contributed by atoms with E-state index in [9.17, 15) is 4.79 Å². The summed E-state index contributed by atoms with van der Waals surface area (Å²) < 4.78 is 7.74. The Kier molecular flexibility index (Phi) is 5.91. The van der Waals surface area contributed by atoms with Crippen LogP contribution in [0.2, 0.25) is 0 Å². The van der Waals surface area contributed by atoms with Gasteiger partial charge in [0.25, 0.3) is 0 Å². The number of ether oxygens (including phenoxy) is 1. The van der Waals surface area contributed by atoms with Crippen LogP contribution in [0.3, 0.4) is 0 Å². The van der Waals surface area contributed by atoms with Gasteiger partial charge >= 0.3 is 6.03 Å². The molecule has 0 saturated carbocycles. The van der Waals surface area contributed by atoms with Crippen LogP contribution in [0, 0.1) is 25.2 Å². The molecule has 24 heavy (non-hydrogen) atoms. The van der Waals surface area contributed by atoms with Crippen molar-refractivity contribution in [3.8, 4) is 0 Å². The first-order valence-electron chi connectivity index (χ1n) is 8.82. The van der Waals surface area contributed by atoms with Crippen molar-refractivity contribution in [2.45, 2.75) is 53.6 Å². The molecule has 6 heteroatoms. The summed E-state index contributed by atoms with van der Waals surface area (Å²) in [6.45, 7) is 12.7. The molecule has 2 amide bonds. The summed E-state index contributed by atoms with van der Waals surface area (Å²) in [7, 11) is 1.95. The van der Waals surface area contributed by atoms with Crippen molar-refractivity contribution < 1.29 is 9.53 Å². The highest BCUT2D eigenvalue weighted by Crippen LogP contribution is 2.34. The second-order valence-corrected chi connectivity index (χ2v) is 7.87. The molecule has 1 aromatic rings. The van der Waals surface area contributed by atoms with Gasteiger partial charge in [-0.2, -0.15) is 5.10 Å². The van der Waals surface area contributed by atoms with E-state index in [1.807, 2.05) is 18.7 Å². The Morgan fingerprint density at radius 3 is 2.62 bits per heavy atom. The van der Waals surface area contributed by atoms with Gasteiger partial charge in [-0.15, -0.1) is 0 Å². The van der Waals surface area contributed by atoms with Crippen molar-refractivity contribution in [2.75, 3.05) is 19.7 Å². The molecule has 0 unspecified atom stereocenters. The van der Waals surface area contributed by atoms with Gasteiger partial charge in [-0.3, -0.25) is 4.68 Å². The molecule has 0 bridgehead atoms. The van der Waals surface area contributed by atoms with Crippen molar-refractivity contribution in [1.82, 2.24) is 20.4 Å². The lowest BCUT2D eigenvalue weighted by Crippen LogP contribution is -2.42. The zero-order chi connectivity index (χ0) is 17.9. The van der Waals surface area contributed by atoms with Crippen molar-refractivity contribution in [1.29, 1.82) is 0 Å². The van der Waals surface area contributed by atoms with E-state index in [0.29, 0.717) is 19.0 Å². The van der Waals surface area contributed by atoms with Crippen molar-refractivity contribution in [3.05, 3.63) is 17.0 Å². The lowest BCUT2D eigenvalue weighted by Gasteiger charge is -2.31. The van der Waals surface area contributed by atoms with Crippen LogP contribution >= 0.6 is 0 Å². The molecule has 0 aliphatic carbocycles. The molecule has 1 fully saturated rings. The predicted octanol–water partition coefficient (Wildman–Crippen LogP) is 2.33. The minimum atomic E-state index is -0.103. The van der Waals surface area contributed by atoms with Crippen molar-refractivity contribution >= 4 is 6.03 Å². The van der Waals surface area contributed by atoms with Crippen LogP contribution in [-0.2, 0) is 18.2 Å². The summed E-state index contributed by atoms with van der Waals surface area (Å²) in [6.07, 6.45) is 2.02. The van der Waals surface area contributed by atoms with Gasteiger partial charge < -0.3 is 15.4 Å². The molecule has 1 aromatic heterocycles. The summed E-state index contributed by atoms with van der Waals surface area (Å²) in [5.41, 5.74) is 3.52. The Morgan fingerprint density at radius 2 is 2.04 bits per heavy atom. The van der Waals surface area contributed by atoms with Crippen LogP contribution in [0.4, 0.5) is 4.79 Å². The number of urea groups is 1. The van der Waals surface area contributed by atoms with E-state index in [1.54, 1.807) is 0 Å². The monoisotopic (exact) mass is 336 g/mol. The van der Waals surface area contributed by atoms with E-state index in [4.69, 9.17) is 4.74 Å². The lowest BCUT2D eigenvalue weighted by molar-refractivity contribution is 0.00775. The first-order valence-corrected chi connectivity index (χ1v) is 8.82. The molecule has 6 nitrogen and oxygen atoms in total. The standard InChI is InChI=1S/C18H32N4O2/c1-12-15(13(2)22(6)21-12)7-9-19-17(23)20-11-14-8-10-24-16(14)18(3,4)5/h14,16H,7-11H2,1-6H3,(H2,19,20,23)/t14-,16+/m1/s1. The highest BCUT2D eigenvalue weighted by molar-refractivity contribution is 5.73. The lowest BCUT2D eigenvalue weighted by atomic mass is 9.81. The number of nitrogens with one attached hydrogen (secondary N) is 2. The third kappa shape index (κ3) is 4.50. The largest absolute Gasteiger partial charge is 0.377 e. The molecule has 1 saturated heterocycles. The summed E-state index contributed by atoms with van der Waals surface area (Å²) in [5, 5.41) is 10.3. The van der Waals surface area contributed by atoms with Gasteiger partial charge in [0.2, 0.25) is 0 Å². The fourth-order valence-corrected chi connectivity index (χ4v) is 3.57. The van der Waals surface area contributed by atoms with E-state index < -0.39 is 0 Å². The minimum absolute atomic E-state index is 0.103. The SMILES string of the molecule is Cc1nn(C)c(C)c1CCNC(=O)NC[C@H]1CCO[C@@H]1C(C)(C)C. The molecule has 2 rings (SSSR count). The smallest absolute Gasteiger partial charge is 0.314 e. The van der Waals surface area contributed by atoms with Crippen LogP contribution in [0.1, 0.15) is 44.1 Å². The number of rotatable bonds is 5. The predicted molar refractivity (Wildman–Crippen MR) is 95.1 cm³/mol. The van der Waals surface area contributed by atoms with Crippen molar-refractivity contribution in [2.24, 2.45) is 18.4 Å². The first kappa shape index (κ1) is 18.8. The molecule has 1 aliphatic rings. The molecule has 2 atom stereocenters. The minimum Gasteiger partial charge on any atom is -0.377 e. The van der Waals surface area contributed by atoms with E-state index in [2.05, 4.69) is 43.4 Å². The van der Waals surface area contributed by atoms with Gasteiger partial charge in [0.1, 0.15) is 0 Å². The number of hydrogen-bond acceptors (Lipinski definition) is 3. The van der Waals surface area contributed by atoms with Crippen LogP contribution < -0.4 is 10.6 Å². The normalized spacial score (nSPS) is 21.1. The number of carbonyl (C=O) groups is 1. The van der Waals surface area contributed by atoms with Crippen LogP contribution in [0.15, 0.2) is 0 Å². The molecule has 0 radical (unpaired) electrons. The maximum absolute atomic E-state index is 12.0. The Hall–Kier alpha value is -1.56. The average molecular weight is 336 g/mol. The van der Waals surface area contributed by atoms with Gasteiger partial charge in [0, 0.05) is 38.4 Å². The summed E-state index contributed by atoms with van der Waals surface area (Å²) >= 11 is 0. The molecule has 2 heterocycles.